The number of benzene rings is 4. The van der Waals surface area contributed by atoms with Crippen molar-refractivity contribution in [2.24, 2.45) is 0 Å². The zero-order chi connectivity index (χ0) is 18.9. The summed E-state index contributed by atoms with van der Waals surface area (Å²) in [6.07, 6.45) is 0. The summed E-state index contributed by atoms with van der Waals surface area (Å²) in [5.74, 6) is 1.89. The van der Waals surface area contributed by atoms with Crippen LogP contribution in [0.5, 0.6) is 11.5 Å². The molecule has 0 fully saturated rings. The first-order chi connectivity index (χ1) is 13.7. The molecule has 0 unspecified atom stereocenters. The van der Waals surface area contributed by atoms with E-state index in [1.165, 1.54) is 44.5 Å². The minimum atomic E-state index is -0.336. The molecule has 1 spiro atoms. The zero-order valence-corrected chi connectivity index (χ0v) is 16.0. The smallest absolute Gasteiger partial charge is 0.132 e. The van der Waals surface area contributed by atoms with Gasteiger partial charge in [0.2, 0.25) is 0 Å². The molecule has 1 nitrogen and oxygen atoms in total. The van der Waals surface area contributed by atoms with E-state index in [1.807, 2.05) is 0 Å². The monoisotopic (exact) mass is 360 g/mol. The molecule has 2 aliphatic rings. The van der Waals surface area contributed by atoms with Crippen molar-refractivity contribution in [1.82, 2.24) is 0 Å². The van der Waals surface area contributed by atoms with Gasteiger partial charge in [0, 0.05) is 11.1 Å². The fraction of sp³-hybridized carbons (Fsp3) is 0.111. The molecule has 0 amide bonds. The molecular formula is C27H20O. The molecule has 0 N–H and O–H groups in total. The molecule has 1 aliphatic heterocycles. The van der Waals surface area contributed by atoms with E-state index in [9.17, 15) is 0 Å². The van der Waals surface area contributed by atoms with Crippen LogP contribution in [0, 0.1) is 13.8 Å². The van der Waals surface area contributed by atoms with E-state index in [2.05, 4.69) is 98.8 Å². The molecule has 1 aliphatic carbocycles. The highest BCUT2D eigenvalue weighted by Crippen LogP contribution is 2.62. The topological polar surface area (TPSA) is 9.23 Å². The van der Waals surface area contributed by atoms with E-state index < -0.39 is 0 Å². The van der Waals surface area contributed by atoms with Crippen LogP contribution in [-0.2, 0) is 5.41 Å². The first-order valence-electron chi connectivity index (χ1n) is 9.79. The lowest BCUT2D eigenvalue weighted by atomic mass is 9.66. The number of para-hydroxylation sites is 2. The van der Waals surface area contributed by atoms with Crippen molar-refractivity contribution in [2.75, 3.05) is 0 Å². The minimum absolute atomic E-state index is 0.336. The van der Waals surface area contributed by atoms with Crippen molar-refractivity contribution >= 4 is 0 Å². The lowest BCUT2D eigenvalue weighted by Crippen LogP contribution is -2.32. The molecule has 0 bridgehead atoms. The lowest BCUT2D eigenvalue weighted by molar-refractivity contribution is 0.436. The summed E-state index contributed by atoms with van der Waals surface area (Å²) in [7, 11) is 0. The van der Waals surface area contributed by atoms with E-state index in [4.69, 9.17) is 4.74 Å². The Balaban J connectivity index is 1.85. The highest BCUT2D eigenvalue weighted by Gasteiger charge is 2.50. The number of hydrogen-bond acceptors (Lipinski definition) is 1. The third kappa shape index (κ3) is 1.81. The van der Waals surface area contributed by atoms with Gasteiger partial charge in [0.15, 0.2) is 0 Å². The van der Waals surface area contributed by atoms with Crippen LogP contribution in [0.3, 0.4) is 0 Å². The highest BCUT2D eigenvalue weighted by molar-refractivity contribution is 5.89. The maximum Gasteiger partial charge on any atom is 0.132 e. The Kier molecular flexibility index (Phi) is 3.01. The summed E-state index contributed by atoms with van der Waals surface area (Å²) >= 11 is 0. The third-order valence-electron chi connectivity index (χ3n) is 6.25. The predicted octanol–water partition coefficient (Wildman–Crippen LogP) is 6.77. The van der Waals surface area contributed by atoms with E-state index in [-0.39, 0.29) is 5.41 Å². The Hall–Kier alpha value is -3.32. The molecule has 1 heterocycles. The van der Waals surface area contributed by atoms with Crippen LogP contribution in [0.25, 0.3) is 11.1 Å². The molecule has 28 heavy (non-hydrogen) atoms. The molecule has 0 atom stereocenters. The first-order valence-corrected chi connectivity index (χ1v) is 9.79. The standard InChI is InChI=1S/C27H20O/c1-17-11-13-21-19(15-17)20-16-18(2)12-14-22(20)27(21)23-7-3-5-9-25(23)28-26-10-6-4-8-24(26)27/h3-16H,1-2H3. The van der Waals surface area contributed by atoms with Gasteiger partial charge >= 0.3 is 0 Å². The SMILES string of the molecule is Cc1ccc2c(c1)-c1cc(C)ccc1C21c2ccccc2Oc2ccccc21. The average molecular weight is 360 g/mol. The van der Waals surface area contributed by atoms with Crippen molar-refractivity contribution in [1.29, 1.82) is 0 Å². The van der Waals surface area contributed by atoms with Gasteiger partial charge in [-0.15, -0.1) is 0 Å². The first kappa shape index (κ1) is 15.7. The molecule has 0 saturated heterocycles. The summed E-state index contributed by atoms with van der Waals surface area (Å²) in [6.45, 7) is 4.35. The Morgan fingerprint density at radius 2 is 1.00 bits per heavy atom. The molecule has 4 aromatic rings. The summed E-state index contributed by atoms with van der Waals surface area (Å²) in [5.41, 5.74) is 10.1. The van der Waals surface area contributed by atoms with Crippen LogP contribution >= 0.6 is 0 Å². The van der Waals surface area contributed by atoms with Gasteiger partial charge in [0.1, 0.15) is 11.5 Å². The summed E-state index contributed by atoms with van der Waals surface area (Å²) in [5, 5.41) is 0. The molecule has 1 heteroatoms. The lowest BCUT2D eigenvalue weighted by Gasteiger charge is -2.39. The molecule has 134 valence electrons. The van der Waals surface area contributed by atoms with Crippen LogP contribution in [0.4, 0.5) is 0 Å². The van der Waals surface area contributed by atoms with E-state index in [0.717, 1.165) is 11.5 Å². The van der Waals surface area contributed by atoms with E-state index in [0.29, 0.717) is 0 Å². The molecular weight excluding hydrogens is 340 g/mol. The van der Waals surface area contributed by atoms with Gasteiger partial charge in [0.25, 0.3) is 0 Å². The van der Waals surface area contributed by atoms with Crippen molar-refractivity contribution in [3.8, 4) is 22.6 Å². The highest BCUT2D eigenvalue weighted by atomic mass is 16.5. The van der Waals surface area contributed by atoms with Crippen molar-refractivity contribution in [3.63, 3.8) is 0 Å². The largest absolute Gasteiger partial charge is 0.457 e. The maximum absolute atomic E-state index is 6.34. The van der Waals surface area contributed by atoms with Gasteiger partial charge < -0.3 is 4.74 Å². The van der Waals surface area contributed by atoms with Gasteiger partial charge in [-0.1, -0.05) is 83.9 Å². The fourth-order valence-corrected chi connectivity index (χ4v) is 5.14. The second kappa shape index (κ2) is 5.36. The molecule has 4 aromatic carbocycles. The Bertz CT molecular complexity index is 1170. The maximum atomic E-state index is 6.34. The van der Waals surface area contributed by atoms with Crippen LogP contribution in [-0.4, -0.2) is 0 Å². The van der Waals surface area contributed by atoms with Crippen molar-refractivity contribution < 1.29 is 4.74 Å². The van der Waals surface area contributed by atoms with Crippen LogP contribution in [0.2, 0.25) is 0 Å². The number of ether oxygens (including phenoxy) is 1. The Morgan fingerprint density at radius 3 is 1.50 bits per heavy atom. The second-order valence-corrected chi connectivity index (χ2v) is 7.94. The number of rotatable bonds is 0. The zero-order valence-electron chi connectivity index (χ0n) is 16.0. The van der Waals surface area contributed by atoms with Gasteiger partial charge in [-0.3, -0.25) is 0 Å². The molecule has 0 radical (unpaired) electrons. The second-order valence-electron chi connectivity index (χ2n) is 7.94. The normalized spacial score (nSPS) is 14.6. The van der Waals surface area contributed by atoms with Crippen LogP contribution in [0.15, 0.2) is 84.9 Å². The number of aryl methyl sites for hydroxylation is 2. The fourth-order valence-electron chi connectivity index (χ4n) is 5.14. The van der Waals surface area contributed by atoms with E-state index in [1.54, 1.807) is 0 Å². The van der Waals surface area contributed by atoms with Gasteiger partial charge in [-0.05, 0) is 48.2 Å². The Labute approximate surface area is 165 Å². The third-order valence-corrected chi connectivity index (χ3v) is 6.25. The van der Waals surface area contributed by atoms with Crippen molar-refractivity contribution in [2.45, 2.75) is 19.3 Å². The van der Waals surface area contributed by atoms with Gasteiger partial charge in [-0.25, -0.2) is 0 Å². The minimum Gasteiger partial charge on any atom is -0.457 e. The molecule has 0 saturated carbocycles. The molecule has 6 rings (SSSR count). The quantitative estimate of drug-likeness (QED) is 0.290. The summed E-state index contributed by atoms with van der Waals surface area (Å²) in [6, 6.07) is 30.8. The van der Waals surface area contributed by atoms with Crippen molar-refractivity contribution in [3.05, 3.63) is 118 Å². The summed E-state index contributed by atoms with van der Waals surface area (Å²) in [4.78, 5) is 0. The predicted molar refractivity (Wildman–Crippen MR) is 113 cm³/mol. The van der Waals surface area contributed by atoms with Gasteiger partial charge in [0.05, 0.1) is 5.41 Å². The van der Waals surface area contributed by atoms with E-state index >= 15 is 0 Å². The van der Waals surface area contributed by atoms with Gasteiger partial charge in [-0.2, -0.15) is 0 Å². The number of hydrogen-bond donors (Lipinski definition) is 0. The van der Waals surface area contributed by atoms with Crippen LogP contribution in [0.1, 0.15) is 33.4 Å². The summed E-state index contributed by atoms with van der Waals surface area (Å²) < 4.78 is 6.34. The number of fused-ring (bicyclic) bond motifs is 9. The van der Waals surface area contributed by atoms with Crippen LogP contribution < -0.4 is 4.74 Å². The molecule has 0 aromatic heterocycles. The Morgan fingerprint density at radius 1 is 0.536 bits per heavy atom. The average Bonchev–Trinajstić information content (AvgIpc) is 2.98.